The third-order valence-corrected chi connectivity index (χ3v) is 3.18. The largest absolute Gasteiger partial charge is 0.381 e. The molecule has 1 aliphatic carbocycles. The molecule has 1 fully saturated rings. The number of ether oxygens (including phenoxy) is 1. The molecule has 20 heavy (non-hydrogen) atoms. The zero-order chi connectivity index (χ0) is 13.6. The molecule has 106 valence electrons. The Balaban J connectivity index is 1.41. The van der Waals surface area contributed by atoms with Gasteiger partial charge in [0, 0.05) is 32.2 Å². The number of rotatable bonds is 8. The molecule has 0 atom stereocenters. The summed E-state index contributed by atoms with van der Waals surface area (Å²) in [5, 5.41) is 7.39. The van der Waals surface area contributed by atoms with Crippen molar-refractivity contribution in [1.82, 2.24) is 19.7 Å². The van der Waals surface area contributed by atoms with Gasteiger partial charge in [-0.15, -0.1) is 0 Å². The van der Waals surface area contributed by atoms with Crippen LogP contribution < -0.4 is 5.32 Å². The summed E-state index contributed by atoms with van der Waals surface area (Å²) in [5.74, 6) is 2.31. The van der Waals surface area contributed by atoms with Gasteiger partial charge in [0.15, 0.2) is 5.82 Å². The summed E-state index contributed by atoms with van der Waals surface area (Å²) in [4.78, 5) is 8.63. The van der Waals surface area contributed by atoms with Crippen molar-refractivity contribution in [3.05, 3.63) is 30.9 Å². The van der Waals surface area contributed by atoms with Crippen LogP contribution >= 0.6 is 0 Å². The Morgan fingerprint density at radius 2 is 2.30 bits per heavy atom. The predicted molar refractivity (Wildman–Crippen MR) is 75.8 cm³/mol. The molecular weight excluding hydrogens is 254 g/mol. The summed E-state index contributed by atoms with van der Waals surface area (Å²) in [5.41, 5.74) is 0. The zero-order valence-electron chi connectivity index (χ0n) is 11.4. The molecule has 2 aromatic rings. The van der Waals surface area contributed by atoms with Crippen LogP contribution in [-0.2, 0) is 4.74 Å². The van der Waals surface area contributed by atoms with Gasteiger partial charge in [-0.3, -0.25) is 4.98 Å². The van der Waals surface area contributed by atoms with E-state index in [0.29, 0.717) is 5.82 Å². The maximum Gasteiger partial charge on any atom is 0.173 e. The number of anilines is 1. The Morgan fingerprint density at radius 1 is 1.35 bits per heavy atom. The van der Waals surface area contributed by atoms with Crippen LogP contribution in [0.25, 0.3) is 5.82 Å². The van der Waals surface area contributed by atoms with Crippen LogP contribution in [0.4, 0.5) is 5.82 Å². The number of hydrogen-bond donors (Lipinski definition) is 1. The lowest BCUT2D eigenvalue weighted by Crippen LogP contribution is -2.09. The van der Waals surface area contributed by atoms with Crippen molar-refractivity contribution in [2.45, 2.75) is 19.3 Å². The van der Waals surface area contributed by atoms with Crippen molar-refractivity contribution >= 4 is 5.82 Å². The van der Waals surface area contributed by atoms with E-state index in [4.69, 9.17) is 4.74 Å². The fourth-order valence-corrected chi connectivity index (χ4v) is 1.88. The van der Waals surface area contributed by atoms with Crippen molar-refractivity contribution in [2.75, 3.05) is 25.1 Å². The van der Waals surface area contributed by atoms with Crippen molar-refractivity contribution < 1.29 is 4.74 Å². The quantitative estimate of drug-likeness (QED) is 0.744. The highest BCUT2D eigenvalue weighted by atomic mass is 16.5. The van der Waals surface area contributed by atoms with Crippen LogP contribution in [0.15, 0.2) is 30.9 Å². The second-order valence-electron chi connectivity index (χ2n) is 5.01. The summed E-state index contributed by atoms with van der Waals surface area (Å²) in [6, 6.07) is 1.86. The Hall–Kier alpha value is -1.95. The monoisotopic (exact) mass is 273 g/mol. The summed E-state index contributed by atoms with van der Waals surface area (Å²) in [6.45, 7) is 2.56. The van der Waals surface area contributed by atoms with Gasteiger partial charge in [0.05, 0.1) is 12.4 Å². The molecule has 0 spiro atoms. The highest BCUT2D eigenvalue weighted by molar-refractivity contribution is 5.35. The normalized spacial score (nSPS) is 14.4. The minimum atomic E-state index is 0.713. The highest BCUT2D eigenvalue weighted by Gasteiger charge is 2.20. The Morgan fingerprint density at radius 3 is 3.10 bits per heavy atom. The SMILES string of the molecule is c1cnn(-c2cncc(NCCCOCC3CC3)n2)c1. The van der Waals surface area contributed by atoms with Gasteiger partial charge in [-0.05, 0) is 31.2 Å². The lowest BCUT2D eigenvalue weighted by Gasteiger charge is -2.07. The number of nitrogens with zero attached hydrogens (tertiary/aromatic N) is 4. The van der Waals surface area contributed by atoms with Gasteiger partial charge in [0.2, 0.25) is 0 Å². The van der Waals surface area contributed by atoms with E-state index in [9.17, 15) is 0 Å². The molecule has 0 bridgehead atoms. The molecule has 0 aliphatic heterocycles. The average molecular weight is 273 g/mol. The summed E-state index contributed by atoms with van der Waals surface area (Å²) in [7, 11) is 0. The van der Waals surface area contributed by atoms with Crippen LogP contribution in [0.3, 0.4) is 0 Å². The van der Waals surface area contributed by atoms with Gasteiger partial charge in [0.1, 0.15) is 5.82 Å². The zero-order valence-corrected chi connectivity index (χ0v) is 11.4. The van der Waals surface area contributed by atoms with Gasteiger partial charge >= 0.3 is 0 Å². The first-order chi connectivity index (χ1) is 9.92. The van der Waals surface area contributed by atoms with E-state index >= 15 is 0 Å². The molecule has 1 aliphatic rings. The number of hydrogen-bond acceptors (Lipinski definition) is 5. The Bertz CT molecular complexity index is 524. The molecule has 3 rings (SSSR count). The molecular formula is C14H19N5O. The van der Waals surface area contributed by atoms with E-state index in [1.54, 1.807) is 23.3 Å². The molecule has 1 N–H and O–H groups in total. The van der Waals surface area contributed by atoms with Gasteiger partial charge in [-0.1, -0.05) is 0 Å². The predicted octanol–water partition coefficient (Wildman–Crippen LogP) is 1.89. The van der Waals surface area contributed by atoms with E-state index in [-0.39, 0.29) is 0 Å². The third-order valence-electron chi connectivity index (χ3n) is 3.18. The third kappa shape index (κ3) is 3.77. The summed E-state index contributed by atoms with van der Waals surface area (Å²) < 4.78 is 7.28. The molecule has 2 heterocycles. The fourth-order valence-electron chi connectivity index (χ4n) is 1.88. The molecule has 6 heteroatoms. The molecule has 0 amide bonds. The second kappa shape index (κ2) is 6.47. The van der Waals surface area contributed by atoms with Crippen molar-refractivity contribution in [3.63, 3.8) is 0 Å². The van der Waals surface area contributed by atoms with Gasteiger partial charge < -0.3 is 10.1 Å². The Labute approximate surface area is 118 Å². The Kier molecular flexibility index (Phi) is 4.22. The molecule has 2 aromatic heterocycles. The first kappa shape index (κ1) is 13.1. The van der Waals surface area contributed by atoms with Gasteiger partial charge in [0.25, 0.3) is 0 Å². The molecule has 6 nitrogen and oxygen atoms in total. The number of aromatic nitrogens is 4. The van der Waals surface area contributed by atoms with Crippen molar-refractivity contribution in [1.29, 1.82) is 0 Å². The van der Waals surface area contributed by atoms with E-state index < -0.39 is 0 Å². The van der Waals surface area contributed by atoms with Gasteiger partial charge in [-0.25, -0.2) is 9.67 Å². The van der Waals surface area contributed by atoms with Crippen molar-refractivity contribution in [3.8, 4) is 5.82 Å². The standard InChI is InChI=1S/C14H19N5O/c1-6-17-19(7-1)14-10-15-9-13(18-14)16-5-2-8-20-11-12-3-4-12/h1,6-7,9-10,12H,2-5,8,11H2,(H,16,18). The first-order valence-electron chi connectivity index (χ1n) is 7.05. The van der Waals surface area contributed by atoms with Crippen molar-refractivity contribution in [2.24, 2.45) is 5.92 Å². The van der Waals surface area contributed by atoms with Crippen LogP contribution in [0.1, 0.15) is 19.3 Å². The maximum atomic E-state index is 5.59. The second-order valence-corrected chi connectivity index (χ2v) is 5.01. The molecule has 0 unspecified atom stereocenters. The highest BCUT2D eigenvalue weighted by Crippen LogP contribution is 2.28. The fraction of sp³-hybridized carbons (Fsp3) is 0.500. The maximum absolute atomic E-state index is 5.59. The molecule has 1 saturated carbocycles. The van der Waals surface area contributed by atoms with E-state index in [1.807, 2.05) is 12.3 Å². The molecule has 0 saturated heterocycles. The van der Waals surface area contributed by atoms with Crippen LogP contribution in [0.5, 0.6) is 0 Å². The first-order valence-corrected chi connectivity index (χ1v) is 7.05. The average Bonchev–Trinajstić information content (AvgIpc) is 3.14. The van der Waals surface area contributed by atoms with Gasteiger partial charge in [-0.2, -0.15) is 5.10 Å². The van der Waals surface area contributed by atoms with E-state index in [0.717, 1.165) is 37.9 Å². The topological polar surface area (TPSA) is 64.9 Å². The molecule has 0 radical (unpaired) electrons. The van der Waals surface area contributed by atoms with Crippen LogP contribution in [0.2, 0.25) is 0 Å². The van der Waals surface area contributed by atoms with E-state index in [1.165, 1.54) is 12.8 Å². The lowest BCUT2D eigenvalue weighted by molar-refractivity contribution is 0.124. The smallest absolute Gasteiger partial charge is 0.173 e. The lowest BCUT2D eigenvalue weighted by atomic mass is 10.4. The summed E-state index contributed by atoms with van der Waals surface area (Å²) in [6.07, 6.45) is 10.6. The number of nitrogens with one attached hydrogen (secondary N) is 1. The molecule has 0 aromatic carbocycles. The van der Waals surface area contributed by atoms with E-state index in [2.05, 4.69) is 20.4 Å². The summed E-state index contributed by atoms with van der Waals surface area (Å²) >= 11 is 0. The van der Waals surface area contributed by atoms with Crippen LogP contribution in [0, 0.1) is 5.92 Å². The van der Waals surface area contributed by atoms with Crippen LogP contribution in [-0.4, -0.2) is 39.5 Å². The minimum Gasteiger partial charge on any atom is -0.381 e. The minimum absolute atomic E-state index is 0.713.